The first-order chi connectivity index (χ1) is 7.14. The Morgan fingerprint density at radius 1 is 1.40 bits per heavy atom. The number of hydrogen-bond donors (Lipinski definition) is 2. The van der Waals surface area contributed by atoms with E-state index in [2.05, 4.69) is 0 Å². The van der Waals surface area contributed by atoms with Gasteiger partial charge in [0.05, 0.1) is 12.7 Å². The van der Waals surface area contributed by atoms with E-state index in [-0.39, 0.29) is 6.04 Å². The van der Waals surface area contributed by atoms with E-state index in [0.717, 1.165) is 24.2 Å². The van der Waals surface area contributed by atoms with Crippen LogP contribution >= 0.6 is 0 Å². The van der Waals surface area contributed by atoms with Gasteiger partial charge < -0.3 is 15.6 Å². The van der Waals surface area contributed by atoms with E-state index in [1.54, 1.807) is 7.11 Å². The summed E-state index contributed by atoms with van der Waals surface area (Å²) in [4.78, 5) is 0. The summed E-state index contributed by atoms with van der Waals surface area (Å²) in [5, 5.41) is 10.4. The Balaban J connectivity index is 2.22. The molecule has 1 saturated carbocycles. The van der Waals surface area contributed by atoms with Crippen molar-refractivity contribution in [3.8, 4) is 5.75 Å². The summed E-state index contributed by atoms with van der Waals surface area (Å²) in [6.45, 7) is 0. The summed E-state index contributed by atoms with van der Waals surface area (Å²) in [5.41, 5.74) is 6.03. The zero-order chi connectivity index (χ0) is 10.9. The van der Waals surface area contributed by atoms with Gasteiger partial charge in [0.2, 0.25) is 0 Å². The lowest BCUT2D eigenvalue weighted by Gasteiger charge is -2.23. The number of hydrogen-bond acceptors (Lipinski definition) is 3. The molecule has 0 spiro atoms. The minimum absolute atomic E-state index is 0.122. The highest BCUT2D eigenvalue weighted by Crippen LogP contribution is 2.38. The van der Waals surface area contributed by atoms with Gasteiger partial charge in [-0.15, -0.1) is 0 Å². The average molecular weight is 207 g/mol. The van der Waals surface area contributed by atoms with Gasteiger partial charge in [0.1, 0.15) is 5.75 Å². The molecule has 0 amide bonds. The molecule has 2 rings (SSSR count). The lowest BCUT2D eigenvalue weighted by Crippen LogP contribution is -2.25. The molecule has 0 aromatic heterocycles. The molecule has 0 aliphatic heterocycles. The second-order valence-electron chi connectivity index (χ2n) is 4.26. The molecule has 0 saturated heterocycles. The van der Waals surface area contributed by atoms with Crippen LogP contribution in [0, 0.1) is 0 Å². The molecule has 1 fully saturated rings. The Hall–Kier alpha value is -1.06. The molecule has 3 N–H and O–H groups in total. The third-order valence-electron chi connectivity index (χ3n) is 3.16. The highest BCUT2D eigenvalue weighted by molar-refractivity contribution is 5.31. The number of nitrogens with two attached hydrogens (primary N) is 1. The Bertz CT molecular complexity index is 336. The van der Waals surface area contributed by atoms with Gasteiger partial charge in [-0.25, -0.2) is 0 Å². The standard InChI is InChI=1S/C12H17NO2/c1-15-11-4-2-9(3-5-11)12(14)7-6-10(13)8-12/h2-5,10,14H,6-8,13H2,1H3. The second-order valence-corrected chi connectivity index (χ2v) is 4.26. The smallest absolute Gasteiger partial charge is 0.118 e. The molecule has 0 heterocycles. The van der Waals surface area contributed by atoms with Crippen LogP contribution < -0.4 is 10.5 Å². The normalized spacial score (nSPS) is 30.5. The van der Waals surface area contributed by atoms with Gasteiger partial charge in [-0.1, -0.05) is 12.1 Å². The van der Waals surface area contributed by atoms with Gasteiger partial charge in [0, 0.05) is 6.04 Å². The topological polar surface area (TPSA) is 55.5 Å². The number of ether oxygens (including phenoxy) is 1. The van der Waals surface area contributed by atoms with Crippen molar-refractivity contribution < 1.29 is 9.84 Å². The van der Waals surface area contributed by atoms with Crippen molar-refractivity contribution in [1.82, 2.24) is 0 Å². The van der Waals surface area contributed by atoms with Crippen LogP contribution in [0.5, 0.6) is 5.75 Å². The molecule has 0 bridgehead atoms. The number of rotatable bonds is 2. The van der Waals surface area contributed by atoms with Gasteiger partial charge in [-0.2, -0.15) is 0 Å². The van der Waals surface area contributed by atoms with E-state index in [1.165, 1.54) is 0 Å². The van der Waals surface area contributed by atoms with Crippen molar-refractivity contribution in [3.63, 3.8) is 0 Å². The van der Waals surface area contributed by atoms with E-state index in [1.807, 2.05) is 24.3 Å². The zero-order valence-electron chi connectivity index (χ0n) is 8.94. The van der Waals surface area contributed by atoms with E-state index < -0.39 is 5.60 Å². The summed E-state index contributed by atoms with van der Waals surface area (Å²) < 4.78 is 5.08. The molecule has 1 aromatic carbocycles. The number of benzene rings is 1. The summed E-state index contributed by atoms with van der Waals surface area (Å²) in [6.07, 6.45) is 2.29. The fourth-order valence-corrected chi connectivity index (χ4v) is 2.23. The van der Waals surface area contributed by atoms with E-state index in [9.17, 15) is 5.11 Å². The first-order valence-electron chi connectivity index (χ1n) is 5.26. The van der Waals surface area contributed by atoms with Gasteiger partial charge >= 0.3 is 0 Å². The predicted molar refractivity (Wildman–Crippen MR) is 58.7 cm³/mol. The first-order valence-corrected chi connectivity index (χ1v) is 5.26. The highest BCUT2D eigenvalue weighted by atomic mass is 16.5. The van der Waals surface area contributed by atoms with Crippen molar-refractivity contribution >= 4 is 0 Å². The van der Waals surface area contributed by atoms with Crippen LogP contribution in [0.15, 0.2) is 24.3 Å². The van der Waals surface area contributed by atoms with Gasteiger partial charge in [0.15, 0.2) is 0 Å². The molecular weight excluding hydrogens is 190 g/mol. The second kappa shape index (κ2) is 3.83. The molecule has 3 nitrogen and oxygen atoms in total. The fraction of sp³-hybridized carbons (Fsp3) is 0.500. The Labute approximate surface area is 89.9 Å². The number of aliphatic hydroxyl groups is 1. The molecule has 1 aliphatic rings. The van der Waals surface area contributed by atoms with E-state index in [0.29, 0.717) is 6.42 Å². The maximum Gasteiger partial charge on any atom is 0.118 e. The first kappa shape index (κ1) is 10.5. The quantitative estimate of drug-likeness (QED) is 0.770. The van der Waals surface area contributed by atoms with Crippen molar-refractivity contribution in [2.24, 2.45) is 5.73 Å². The Morgan fingerprint density at radius 2 is 2.07 bits per heavy atom. The van der Waals surface area contributed by atoms with Crippen LogP contribution in [-0.2, 0) is 5.60 Å². The maximum atomic E-state index is 10.4. The lowest BCUT2D eigenvalue weighted by molar-refractivity contribution is 0.0430. The van der Waals surface area contributed by atoms with Gasteiger partial charge in [-0.05, 0) is 37.0 Å². The zero-order valence-corrected chi connectivity index (χ0v) is 8.94. The molecule has 2 unspecified atom stereocenters. The summed E-state index contributed by atoms with van der Waals surface area (Å²) >= 11 is 0. The average Bonchev–Trinajstić information content (AvgIpc) is 2.60. The Kier molecular flexibility index (Phi) is 2.67. The maximum absolute atomic E-state index is 10.4. The lowest BCUT2D eigenvalue weighted by atomic mass is 9.92. The van der Waals surface area contributed by atoms with E-state index >= 15 is 0 Å². The van der Waals surface area contributed by atoms with Crippen LogP contribution in [0.2, 0.25) is 0 Å². The monoisotopic (exact) mass is 207 g/mol. The predicted octanol–water partition coefficient (Wildman–Crippen LogP) is 1.39. The van der Waals surface area contributed by atoms with E-state index in [4.69, 9.17) is 10.5 Å². The SMILES string of the molecule is COc1ccc(C2(O)CCC(N)C2)cc1. The van der Waals surface area contributed by atoms with Gasteiger partial charge in [-0.3, -0.25) is 0 Å². The fourth-order valence-electron chi connectivity index (χ4n) is 2.23. The van der Waals surface area contributed by atoms with Crippen molar-refractivity contribution in [3.05, 3.63) is 29.8 Å². The summed E-state index contributed by atoms with van der Waals surface area (Å²) in [7, 11) is 1.63. The largest absolute Gasteiger partial charge is 0.497 e. The molecule has 1 aromatic rings. The van der Waals surface area contributed by atoms with Crippen LogP contribution in [0.3, 0.4) is 0 Å². The number of methoxy groups -OCH3 is 1. The van der Waals surface area contributed by atoms with Crippen molar-refractivity contribution in [2.75, 3.05) is 7.11 Å². The highest BCUT2D eigenvalue weighted by Gasteiger charge is 2.37. The minimum atomic E-state index is -0.730. The molecule has 2 atom stereocenters. The molecular formula is C12H17NO2. The Morgan fingerprint density at radius 3 is 2.53 bits per heavy atom. The molecule has 0 radical (unpaired) electrons. The van der Waals surface area contributed by atoms with Crippen LogP contribution in [0.4, 0.5) is 0 Å². The molecule has 15 heavy (non-hydrogen) atoms. The van der Waals surface area contributed by atoms with Gasteiger partial charge in [0.25, 0.3) is 0 Å². The molecule has 3 heteroatoms. The van der Waals surface area contributed by atoms with Crippen LogP contribution in [-0.4, -0.2) is 18.3 Å². The molecule has 82 valence electrons. The van der Waals surface area contributed by atoms with Crippen molar-refractivity contribution in [1.29, 1.82) is 0 Å². The third kappa shape index (κ3) is 1.98. The summed E-state index contributed by atoms with van der Waals surface area (Å²) in [6, 6.07) is 7.69. The third-order valence-corrected chi connectivity index (χ3v) is 3.16. The minimum Gasteiger partial charge on any atom is -0.497 e. The molecule has 1 aliphatic carbocycles. The van der Waals surface area contributed by atoms with Crippen LogP contribution in [0.1, 0.15) is 24.8 Å². The van der Waals surface area contributed by atoms with Crippen molar-refractivity contribution in [2.45, 2.75) is 30.9 Å². The summed E-state index contributed by atoms with van der Waals surface area (Å²) in [5.74, 6) is 0.810. The van der Waals surface area contributed by atoms with Crippen LogP contribution in [0.25, 0.3) is 0 Å².